The number of hydrogen-bond acceptors (Lipinski definition) is 8. The van der Waals surface area contributed by atoms with Gasteiger partial charge in [-0.2, -0.15) is 0 Å². The lowest BCUT2D eigenvalue weighted by atomic mass is 10.2. The summed E-state index contributed by atoms with van der Waals surface area (Å²) >= 11 is 0. The van der Waals surface area contributed by atoms with E-state index in [4.69, 9.17) is 4.42 Å². The van der Waals surface area contributed by atoms with Crippen molar-refractivity contribution in [2.75, 3.05) is 0 Å². The van der Waals surface area contributed by atoms with Gasteiger partial charge >= 0.3 is 0 Å². The first-order valence-corrected chi connectivity index (χ1v) is 8.54. The summed E-state index contributed by atoms with van der Waals surface area (Å²) < 4.78 is 6.92. The van der Waals surface area contributed by atoms with Crippen LogP contribution in [0.25, 0.3) is 23.0 Å². The van der Waals surface area contributed by atoms with E-state index in [-0.39, 0.29) is 17.6 Å². The van der Waals surface area contributed by atoms with Crippen LogP contribution in [0.5, 0.6) is 0 Å². The van der Waals surface area contributed by atoms with Gasteiger partial charge in [-0.3, -0.25) is 14.5 Å². The second-order valence-electron chi connectivity index (χ2n) is 6.00. The minimum Gasteiger partial charge on any atom is -0.443 e. The molecule has 0 aromatic carbocycles. The molecule has 1 amide bonds. The highest BCUT2D eigenvalue weighted by atomic mass is 16.3. The number of carbonyl (C=O) groups is 1. The van der Waals surface area contributed by atoms with E-state index in [9.17, 15) is 4.79 Å². The standard InChI is InChI=1S/C18H16N8O2/c1-12(11-26-8-6-22-25-26)23-17(27)16-15(13-4-2-3-5-19-13)24-14(10-21-16)18-20-7-9-28-18/h2-10,12H,11H2,1H3,(H,23,27)/t12-/m0/s1. The van der Waals surface area contributed by atoms with Crippen molar-refractivity contribution >= 4 is 5.91 Å². The summed E-state index contributed by atoms with van der Waals surface area (Å²) in [5.41, 5.74) is 1.46. The van der Waals surface area contributed by atoms with Gasteiger partial charge in [0.1, 0.15) is 17.7 Å². The summed E-state index contributed by atoms with van der Waals surface area (Å²) in [6, 6.07) is 5.17. The number of amides is 1. The Kier molecular flexibility index (Phi) is 4.83. The van der Waals surface area contributed by atoms with Gasteiger partial charge in [0.2, 0.25) is 5.89 Å². The fourth-order valence-corrected chi connectivity index (χ4v) is 2.64. The Bertz CT molecular complexity index is 1050. The van der Waals surface area contributed by atoms with Crippen molar-refractivity contribution in [2.24, 2.45) is 0 Å². The summed E-state index contributed by atoms with van der Waals surface area (Å²) in [6.45, 7) is 2.35. The summed E-state index contributed by atoms with van der Waals surface area (Å²) in [4.78, 5) is 30.1. The number of nitrogens with zero attached hydrogens (tertiary/aromatic N) is 7. The molecule has 4 aromatic rings. The Hall–Kier alpha value is -3.95. The number of nitrogens with one attached hydrogen (secondary N) is 1. The Morgan fingerprint density at radius 1 is 1.18 bits per heavy atom. The number of pyridine rings is 1. The molecule has 0 bridgehead atoms. The molecule has 0 radical (unpaired) electrons. The summed E-state index contributed by atoms with van der Waals surface area (Å²) in [6.07, 6.45) is 9.36. The third-order valence-corrected chi connectivity index (χ3v) is 3.86. The molecule has 1 atom stereocenters. The van der Waals surface area contributed by atoms with Crippen LogP contribution < -0.4 is 5.32 Å². The van der Waals surface area contributed by atoms with Gasteiger partial charge in [0.15, 0.2) is 5.69 Å². The predicted octanol–water partition coefficient (Wildman–Crippen LogP) is 1.60. The second-order valence-corrected chi connectivity index (χ2v) is 6.00. The first-order valence-electron chi connectivity index (χ1n) is 8.54. The van der Waals surface area contributed by atoms with Crippen molar-refractivity contribution in [3.05, 3.63) is 61.1 Å². The van der Waals surface area contributed by atoms with Gasteiger partial charge in [0.05, 0.1) is 30.8 Å². The van der Waals surface area contributed by atoms with Crippen molar-refractivity contribution in [3.63, 3.8) is 0 Å². The zero-order valence-corrected chi connectivity index (χ0v) is 14.9. The van der Waals surface area contributed by atoms with Crippen molar-refractivity contribution in [1.82, 2.24) is 40.2 Å². The quantitative estimate of drug-likeness (QED) is 0.538. The topological polar surface area (TPSA) is 125 Å². The third-order valence-electron chi connectivity index (χ3n) is 3.86. The van der Waals surface area contributed by atoms with E-state index in [1.165, 1.54) is 18.7 Å². The molecule has 4 rings (SSSR count). The number of rotatable bonds is 6. The predicted molar refractivity (Wildman–Crippen MR) is 97.7 cm³/mol. The molecule has 0 spiro atoms. The number of oxazole rings is 1. The van der Waals surface area contributed by atoms with Crippen molar-refractivity contribution < 1.29 is 9.21 Å². The number of aromatic nitrogens is 7. The van der Waals surface area contributed by atoms with E-state index in [1.54, 1.807) is 35.4 Å². The van der Waals surface area contributed by atoms with Gasteiger partial charge < -0.3 is 9.73 Å². The average molecular weight is 376 g/mol. The molecule has 0 aliphatic rings. The van der Waals surface area contributed by atoms with Gasteiger partial charge in [-0.15, -0.1) is 5.10 Å². The largest absolute Gasteiger partial charge is 0.443 e. The molecule has 0 aliphatic heterocycles. The molecule has 1 N–H and O–H groups in total. The molecule has 0 unspecified atom stereocenters. The van der Waals surface area contributed by atoms with E-state index in [1.807, 2.05) is 13.0 Å². The molecule has 10 nitrogen and oxygen atoms in total. The molecule has 28 heavy (non-hydrogen) atoms. The van der Waals surface area contributed by atoms with Crippen LogP contribution in [-0.4, -0.2) is 46.9 Å². The molecule has 0 aliphatic carbocycles. The lowest BCUT2D eigenvalue weighted by molar-refractivity contribution is 0.0931. The maximum Gasteiger partial charge on any atom is 0.272 e. The van der Waals surface area contributed by atoms with Crippen LogP contribution >= 0.6 is 0 Å². The SMILES string of the molecule is C[C@@H](Cn1ccnn1)NC(=O)c1ncc(-c2ncco2)nc1-c1ccccn1. The zero-order valence-electron chi connectivity index (χ0n) is 14.9. The van der Waals surface area contributed by atoms with E-state index in [0.717, 1.165) is 0 Å². The number of carbonyl (C=O) groups excluding carboxylic acids is 1. The highest BCUT2D eigenvalue weighted by Crippen LogP contribution is 2.22. The molecule has 10 heteroatoms. The molecule has 0 fully saturated rings. The highest BCUT2D eigenvalue weighted by Gasteiger charge is 2.21. The normalized spacial score (nSPS) is 11.9. The maximum atomic E-state index is 12.8. The first-order chi connectivity index (χ1) is 13.7. The molecule has 0 saturated carbocycles. The summed E-state index contributed by atoms with van der Waals surface area (Å²) in [5.74, 6) is -0.0455. The molecular weight excluding hydrogens is 360 g/mol. The molecule has 4 heterocycles. The third kappa shape index (κ3) is 3.75. The monoisotopic (exact) mass is 376 g/mol. The van der Waals surface area contributed by atoms with Crippen LogP contribution in [0.15, 0.2) is 59.9 Å². The summed E-state index contributed by atoms with van der Waals surface area (Å²) in [7, 11) is 0. The van der Waals surface area contributed by atoms with Crippen LogP contribution in [0.1, 0.15) is 17.4 Å². The molecular formula is C18H16N8O2. The van der Waals surface area contributed by atoms with Gasteiger partial charge in [-0.25, -0.2) is 15.0 Å². The van der Waals surface area contributed by atoms with Gasteiger partial charge in [-0.1, -0.05) is 11.3 Å². The van der Waals surface area contributed by atoms with Gasteiger partial charge in [-0.05, 0) is 19.1 Å². The fraction of sp³-hybridized carbons (Fsp3) is 0.167. The molecule has 140 valence electrons. The first kappa shape index (κ1) is 17.5. The van der Waals surface area contributed by atoms with Gasteiger partial charge in [0, 0.05) is 18.4 Å². The van der Waals surface area contributed by atoms with E-state index >= 15 is 0 Å². The van der Waals surface area contributed by atoms with Crippen molar-refractivity contribution in [1.29, 1.82) is 0 Å². The lowest BCUT2D eigenvalue weighted by Crippen LogP contribution is -2.36. The zero-order chi connectivity index (χ0) is 19.3. The van der Waals surface area contributed by atoms with E-state index in [0.29, 0.717) is 29.5 Å². The second kappa shape index (κ2) is 7.74. The summed E-state index contributed by atoms with van der Waals surface area (Å²) in [5, 5.41) is 10.6. The highest BCUT2D eigenvalue weighted by molar-refractivity contribution is 5.98. The Morgan fingerprint density at radius 2 is 2.11 bits per heavy atom. The smallest absolute Gasteiger partial charge is 0.272 e. The average Bonchev–Trinajstić information content (AvgIpc) is 3.42. The van der Waals surface area contributed by atoms with Crippen LogP contribution in [0.2, 0.25) is 0 Å². The number of hydrogen-bond donors (Lipinski definition) is 1. The maximum absolute atomic E-state index is 12.8. The van der Waals surface area contributed by atoms with Crippen LogP contribution in [0, 0.1) is 0 Å². The van der Waals surface area contributed by atoms with E-state index < -0.39 is 0 Å². The van der Waals surface area contributed by atoms with Crippen molar-refractivity contribution in [3.8, 4) is 23.0 Å². The van der Waals surface area contributed by atoms with Crippen LogP contribution in [-0.2, 0) is 6.54 Å². The lowest BCUT2D eigenvalue weighted by Gasteiger charge is -2.14. The Labute approximate surface area is 159 Å². The van der Waals surface area contributed by atoms with Crippen molar-refractivity contribution in [2.45, 2.75) is 19.5 Å². The van der Waals surface area contributed by atoms with E-state index in [2.05, 4.69) is 35.6 Å². The molecule has 0 saturated heterocycles. The minimum absolute atomic E-state index is 0.166. The Balaban J connectivity index is 1.64. The Morgan fingerprint density at radius 3 is 2.82 bits per heavy atom. The van der Waals surface area contributed by atoms with Crippen LogP contribution in [0.3, 0.4) is 0 Å². The van der Waals surface area contributed by atoms with Gasteiger partial charge in [0.25, 0.3) is 5.91 Å². The van der Waals surface area contributed by atoms with Crippen LogP contribution in [0.4, 0.5) is 0 Å². The fourth-order valence-electron chi connectivity index (χ4n) is 2.64. The minimum atomic E-state index is -0.361. The molecule has 4 aromatic heterocycles.